The molecular formula is C17H18N4O2S. The first-order valence-corrected chi connectivity index (χ1v) is 8.43. The molecule has 0 saturated heterocycles. The number of rotatable bonds is 5. The molecule has 1 unspecified atom stereocenters. The van der Waals surface area contributed by atoms with Crippen LogP contribution >= 0.6 is 11.3 Å². The second-order valence-corrected chi connectivity index (χ2v) is 6.53. The largest absolute Gasteiger partial charge is 0.338 e. The Morgan fingerprint density at radius 2 is 2.08 bits per heavy atom. The number of amides is 1. The van der Waals surface area contributed by atoms with Crippen LogP contribution in [0.25, 0.3) is 10.2 Å². The summed E-state index contributed by atoms with van der Waals surface area (Å²) in [6.45, 7) is 0.237. The van der Waals surface area contributed by atoms with Gasteiger partial charge >= 0.3 is 0 Å². The van der Waals surface area contributed by atoms with Crippen LogP contribution in [0.1, 0.15) is 23.9 Å². The van der Waals surface area contributed by atoms with E-state index in [0.717, 1.165) is 5.56 Å². The number of hydrogen-bond donors (Lipinski definition) is 2. The van der Waals surface area contributed by atoms with Gasteiger partial charge in [0.1, 0.15) is 10.5 Å². The molecule has 7 heteroatoms. The van der Waals surface area contributed by atoms with Crippen LogP contribution in [0, 0.1) is 0 Å². The number of benzene rings is 1. The number of nitrogens with zero attached hydrogens (tertiary/aromatic N) is 2. The summed E-state index contributed by atoms with van der Waals surface area (Å²) in [6, 6.07) is 11.0. The van der Waals surface area contributed by atoms with E-state index in [1.165, 1.54) is 16.2 Å². The highest BCUT2D eigenvalue weighted by atomic mass is 32.1. The summed E-state index contributed by atoms with van der Waals surface area (Å²) in [4.78, 5) is 33.0. The van der Waals surface area contributed by atoms with Gasteiger partial charge in [-0.15, -0.1) is 11.3 Å². The SMILES string of the molecule is CN(Cc1nc2ccsc2c(=O)[nH]1)C(=O)CC(N)c1ccccc1. The van der Waals surface area contributed by atoms with Crippen LogP contribution in [0.15, 0.2) is 46.6 Å². The minimum atomic E-state index is -0.354. The molecule has 3 N–H and O–H groups in total. The van der Waals surface area contributed by atoms with Crippen LogP contribution in [0.5, 0.6) is 0 Å². The first kappa shape index (κ1) is 16.4. The predicted molar refractivity (Wildman–Crippen MR) is 94.7 cm³/mol. The average molecular weight is 342 g/mol. The molecule has 1 atom stereocenters. The summed E-state index contributed by atoms with van der Waals surface area (Å²) in [5.41, 5.74) is 7.49. The summed E-state index contributed by atoms with van der Waals surface area (Å²) >= 11 is 1.35. The number of nitrogens with two attached hydrogens (primary N) is 1. The molecule has 0 aliphatic heterocycles. The van der Waals surface area contributed by atoms with Crippen molar-refractivity contribution < 1.29 is 4.79 Å². The Morgan fingerprint density at radius 1 is 1.33 bits per heavy atom. The lowest BCUT2D eigenvalue weighted by Gasteiger charge is -2.19. The molecule has 0 aliphatic rings. The molecule has 0 aliphatic carbocycles. The van der Waals surface area contributed by atoms with E-state index in [-0.39, 0.29) is 30.5 Å². The molecule has 0 saturated carbocycles. The molecule has 0 radical (unpaired) electrons. The van der Waals surface area contributed by atoms with Crippen LogP contribution in [0.2, 0.25) is 0 Å². The molecule has 124 valence electrons. The predicted octanol–water partition coefficient (Wildman–Crippen LogP) is 2.03. The zero-order chi connectivity index (χ0) is 17.1. The van der Waals surface area contributed by atoms with Gasteiger partial charge in [-0.2, -0.15) is 0 Å². The van der Waals surface area contributed by atoms with E-state index in [4.69, 9.17) is 5.73 Å². The number of aromatic amines is 1. The lowest BCUT2D eigenvalue weighted by molar-refractivity contribution is -0.130. The van der Waals surface area contributed by atoms with Gasteiger partial charge in [0.05, 0.1) is 12.1 Å². The van der Waals surface area contributed by atoms with E-state index in [1.807, 2.05) is 35.7 Å². The Morgan fingerprint density at radius 3 is 2.83 bits per heavy atom. The lowest BCUT2D eigenvalue weighted by atomic mass is 10.0. The van der Waals surface area contributed by atoms with Crippen molar-refractivity contribution in [2.45, 2.75) is 19.0 Å². The number of aromatic nitrogens is 2. The first-order valence-electron chi connectivity index (χ1n) is 7.55. The van der Waals surface area contributed by atoms with Crippen LogP contribution in [0.4, 0.5) is 0 Å². The maximum atomic E-state index is 12.4. The number of H-pyrrole nitrogens is 1. The Kier molecular flexibility index (Phi) is 4.73. The molecule has 3 rings (SSSR count). The third-order valence-corrected chi connectivity index (χ3v) is 4.70. The standard InChI is InChI=1S/C17H18N4O2S/c1-21(15(22)9-12(18)11-5-3-2-4-6-11)10-14-19-13-7-8-24-16(13)17(23)20-14/h2-8,12H,9-10,18H2,1H3,(H,19,20,23). The summed E-state index contributed by atoms with van der Waals surface area (Å²) in [5, 5.41) is 1.82. The first-order chi connectivity index (χ1) is 11.5. The number of carbonyl (C=O) groups excluding carboxylic acids is 1. The quantitative estimate of drug-likeness (QED) is 0.742. The van der Waals surface area contributed by atoms with Gasteiger partial charge in [0.2, 0.25) is 5.91 Å². The van der Waals surface area contributed by atoms with E-state index in [0.29, 0.717) is 16.0 Å². The molecule has 3 aromatic rings. The molecule has 2 aromatic heterocycles. The fourth-order valence-corrected chi connectivity index (χ4v) is 3.20. The number of fused-ring (bicyclic) bond motifs is 1. The lowest BCUT2D eigenvalue weighted by Crippen LogP contribution is -2.30. The molecule has 6 nitrogen and oxygen atoms in total. The summed E-state index contributed by atoms with van der Waals surface area (Å²) in [7, 11) is 1.68. The van der Waals surface area contributed by atoms with Gasteiger partial charge in [-0.1, -0.05) is 30.3 Å². The van der Waals surface area contributed by atoms with Gasteiger partial charge in [0, 0.05) is 19.5 Å². The third-order valence-electron chi connectivity index (χ3n) is 3.80. The smallest absolute Gasteiger partial charge is 0.268 e. The van der Waals surface area contributed by atoms with Crippen molar-refractivity contribution >= 4 is 27.5 Å². The van der Waals surface area contributed by atoms with Gasteiger partial charge < -0.3 is 15.6 Å². The fraction of sp³-hybridized carbons (Fsp3) is 0.235. The van der Waals surface area contributed by atoms with Gasteiger partial charge in [-0.3, -0.25) is 9.59 Å². The van der Waals surface area contributed by atoms with Crippen molar-refractivity contribution in [2.75, 3.05) is 7.05 Å². The molecule has 0 spiro atoms. The number of nitrogens with one attached hydrogen (secondary N) is 1. The van der Waals surface area contributed by atoms with Crippen molar-refractivity contribution in [2.24, 2.45) is 5.73 Å². The molecule has 0 bridgehead atoms. The van der Waals surface area contributed by atoms with E-state index in [9.17, 15) is 9.59 Å². The summed E-state index contributed by atoms with van der Waals surface area (Å²) in [6.07, 6.45) is 0.200. The maximum Gasteiger partial charge on any atom is 0.268 e. The van der Waals surface area contributed by atoms with Crippen molar-refractivity contribution in [3.05, 3.63) is 63.5 Å². The van der Waals surface area contributed by atoms with E-state index in [1.54, 1.807) is 13.1 Å². The summed E-state index contributed by atoms with van der Waals surface area (Å²) in [5.74, 6) is 0.370. The third kappa shape index (κ3) is 3.52. The second kappa shape index (κ2) is 6.94. The average Bonchev–Trinajstić information content (AvgIpc) is 3.04. The maximum absolute atomic E-state index is 12.4. The molecule has 1 amide bonds. The Labute approximate surface area is 142 Å². The highest BCUT2D eigenvalue weighted by Crippen LogP contribution is 2.16. The monoisotopic (exact) mass is 342 g/mol. The Hall–Kier alpha value is -2.51. The van der Waals surface area contributed by atoms with Crippen molar-refractivity contribution in [3.8, 4) is 0 Å². The molecule has 1 aromatic carbocycles. The van der Waals surface area contributed by atoms with Crippen molar-refractivity contribution in [1.82, 2.24) is 14.9 Å². The Bertz CT molecular complexity index is 904. The molecule has 0 fully saturated rings. The normalized spacial score (nSPS) is 12.2. The summed E-state index contributed by atoms with van der Waals surface area (Å²) < 4.78 is 0.596. The van der Waals surface area contributed by atoms with E-state index < -0.39 is 0 Å². The van der Waals surface area contributed by atoms with Gasteiger partial charge in [0.15, 0.2) is 0 Å². The van der Waals surface area contributed by atoms with E-state index in [2.05, 4.69) is 9.97 Å². The highest BCUT2D eigenvalue weighted by Gasteiger charge is 2.16. The number of thiophene rings is 1. The van der Waals surface area contributed by atoms with Crippen LogP contribution in [-0.2, 0) is 11.3 Å². The van der Waals surface area contributed by atoms with Crippen LogP contribution in [0.3, 0.4) is 0 Å². The fourth-order valence-electron chi connectivity index (χ4n) is 2.47. The molecule has 2 heterocycles. The minimum Gasteiger partial charge on any atom is -0.338 e. The van der Waals surface area contributed by atoms with Crippen LogP contribution in [-0.4, -0.2) is 27.8 Å². The van der Waals surface area contributed by atoms with Crippen molar-refractivity contribution in [3.63, 3.8) is 0 Å². The van der Waals surface area contributed by atoms with Crippen molar-refractivity contribution in [1.29, 1.82) is 0 Å². The molecule has 24 heavy (non-hydrogen) atoms. The zero-order valence-corrected chi connectivity index (χ0v) is 14.0. The van der Waals surface area contributed by atoms with Gasteiger partial charge in [0.25, 0.3) is 5.56 Å². The van der Waals surface area contributed by atoms with Crippen LogP contribution < -0.4 is 11.3 Å². The second-order valence-electron chi connectivity index (χ2n) is 5.62. The number of carbonyl (C=O) groups is 1. The highest BCUT2D eigenvalue weighted by molar-refractivity contribution is 7.17. The van der Waals surface area contributed by atoms with E-state index >= 15 is 0 Å². The van der Waals surface area contributed by atoms with Gasteiger partial charge in [-0.05, 0) is 17.0 Å². The van der Waals surface area contributed by atoms with Gasteiger partial charge in [-0.25, -0.2) is 4.98 Å². The zero-order valence-electron chi connectivity index (χ0n) is 13.2. The molecular weight excluding hydrogens is 324 g/mol. The topological polar surface area (TPSA) is 92.1 Å². The minimum absolute atomic E-state index is 0.0978. The Balaban J connectivity index is 1.68. The number of hydrogen-bond acceptors (Lipinski definition) is 5.